The highest BCUT2D eigenvalue weighted by Crippen LogP contribution is 2.45. The van der Waals surface area contributed by atoms with Crippen LogP contribution < -0.4 is 0 Å². The van der Waals surface area contributed by atoms with E-state index >= 15 is 0 Å². The summed E-state index contributed by atoms with van der Waals surface area (Å²) in [7, 11) is 0. The fourth-order valence-electron chi connectivity index (χ4n) is 8.82. The number of hydrogen-bond donors (Lipinski definition) is 0. The lowest BCUT2D eigenvalue weighted by atomic mass is 9.92. The van der Waals surface area contributed by atoms with Gasteiger partial charge in [0.1, 0.15) is 0 Å². The van der Waals surface area contributed by atoms with Crippen LogP contribution in [-0.4, -0.2) is 15.0 Å². The van der Waals surface area contributed by atoms with E-state index in [4.69, 9.17) is 15.0 Å². The zero-order valence-corrected chi connectivity index (χ0v) is 32.6. The summed E-state index contributed by atoms with van der Waals surface area (Å²) >= 11 is 1.83. The molecule has 12 aromatic rings. The van der Waals surface area contributed by atoms with Crippen LogP contribution >= 0.6 is 11.3 Å². The Labute approximate surface area is 344 Å². The van der Waals surface area contributed by atoms with E-state index in [0.717, 1.165) is 56.0 Å². The molecule has 0 radical (unpaired) electrons. The van der Waals surface area contributed by atoms with Gasteiger partial charge in [-0.15, -0.1) is 11.3 Å². The van der Waals surface area contributed by atoms with E-state index < -0.39 is 0 Å². The first-order valence-electron chi connectivity index (χ1n) is 19.9. The number of pyridine rings is 1. The molecule has 0 N–H and O–H groups in total. The monoisotopic (exact) mass is 767 g/mol. The van der Waals surface area contributed by atoms with Crippen LogP contribution in [0, 0.1) is 0 Å². The summed E-state index contributed by atoms with van der Waals surface area (Å²) in [4.78, 5) is 15.7. The number of fused-ring (bicyclic) bond motifs is 11. The fraction of sp³-hybridized carbons (Fsp3) is 0. The van der Waals surface area contributed by atoms with Gasteiger partial charge in [0.2, 0.25) is 0 Å². The first-order chi connectivity index (χ1) is 29.2. The van der Waals surface area contributed by atoms with E-state index in [0.29, 0.717) is 5.82 Å². The largest absolute Gasteiger partial charge is 0.246 e. The SMILES string of the molecule is c1ccc(-c2cc(-c3ccccc3)nc(-c3ccc(-c4ccc5c(c4)nc(-c4ccc6c7ccccc7c7ccccc7c6c4)c4sc6ccccc6c45)cc3)n2)cc1. The third kappa shape index (κ3) is 5.60. The topological polar surface area (TPSA) is 38.7 Å². The fourth-order valence-corrected chi connectivity index (χ4v) is 10.0. The molecule has 3 aromatic heterocycles. The standard InChI is InChI=1S/C55H33N3S/c1-3-13-35(14-4-1)48-33-49(36-15-5-2-6-16-36)58-55(57-48)37-25-23-34(24-26-37)38-27-30-45-50(32-38)56-53(54-52(45)46-21-11-12-22-51(46)59-54)39-28-29-44-42-19-8-7-17-40(42)41-18-9-10-20-43(41)47(44)31-39/h1-33H. The molecule has 3 heterocycles. The molecule has 0 amide bonds. The summed E-state index contributed by atoms with van der Waals surface area (Å²) in [6.45, 7) is 0. The summed E-state index contributed by atoms with van der Waals surface area (Å²) in [5.74, 6) is 0.699. The van der Waals surface area contributed by atoms with E-state index in [1.165, 1.54) is 57.9 Å². The van der Waals surface area contributed by atoms with Gasteiger partial charge in [-0.3, -0.25) is 0 Å². The zero-order chi connectivity index (χ0) is 38.9. The van der Waals surface area contributed by atoms with Gasteiger partial charge in [-0.05, 0) is 67.7 Å². The van der Waals surface area contributed by atoms with E-state index in [2.05, 4.69) is 164 Å². The molecule has 12 rings (SSSR count). The minimum absolute atomic E-state index is 0.699. The molecule has 0 fully saturated rings. The normalized spacial score (nSPS) is 11.7. The Morgan fingerprint density at radius 1 is 0.305 bits per heavy atom. The molecule has 0 aliphatic carbocycles. The summed E-state index contributed by atoms with van der Waals surface area (Å²) in [6, 6.07) is 71.3. The summed E-state index contributed by atoms with van der Waals surface area (Å²) in [5, 5.41) is 11.3. The van der Waals surface area contributed by atoms with Crippen LogP contribution in [-0.2, 0) is 0 Å². The van der Waals surface area contributed by atoms with Gasteiger partial charge in [0, 0.05) is 43.1 Å². The molecule has 59 heavy (non-hydrogen) atoms. The number of benzene rings is 9. The summed E-state index contributed by atoms with van der Waals surface area (Å²) < 4.78 is 2.48. The van der Waals surface area contributed by atoms with Crippen molar-refractivity contribution in [1.82, 2.24) is 15.0 Å². The van der Waals surface area contributed by atoms with Crippen molar-refractivity contribution in [2.75, 3.05) is 0 Å². The second kappa shape index (κ2) is 13.6. The highest BCUT2D eigenvalue weighted by molar-refractivity contribution is 7.26. The van der Waals surface area contributed by atoms with Crippen molar-refractivity contribution < 1.29 is 0 Å². The van der Waals surface area contributed by atoms with Crippen LogP contribution in [0.25, 0.3) is 120 Å². The molecule has 0 spiro atoms. The van der Waals surface area contributed by atoms with Gasteiger partial charge in [0.15, 0.2) is 5.82 Å². The Kier molecular flexibility index (Phi) is 7.72. The molecule has 4 heteroatoms. The Morgan fingerprint density at radius 3 is 1.44 bits per heavy atom. The van der Waals surface area contributed by atoms with Gasteiger partial charge >= 0.3 is 0 Å². The van der Waals surface area contributed by atoms with Crippen molar-refractivity contribution in [3.63, 3.8) is 0 Å². The first kappa shape index (κ1) is 33.6. The van der Waals surface area contributed by atoms with Crippen molar-refractivity contribution >= 4 is 74.7 Å². The highest BCUT2D eigenvalue weighted by atomic mass is 32.1. The summed E-state index contributed by atoms with van der Waals surface area (Å²) in [5.41, 5.74) is 10.2. The van der Waals surface area contributed by atoms with Crippen LogP contribution in [0.15, 0.2) is 200 Å². The van der Waals surface area contributed by atoms with Crippen LogP contribution in [0.1, 0.15) is 0 Å². The quantitative estimate of drug-likeness (QED) is 0.164. The van der Waals surface area contributed by atoms with Gasteiger partial charge in [0.05, 0.1) is 27.3 Å². The molecular weight excluding hydrogens is 735 g/mol. The van der Waals surface area contributed by atoms with E-state index in [-0.39, 0.29) is 0 Å². The molecule has 9 aromatic carbocycles. The summed E-state index contributed by atoms with van der Waals surface area (Å²) in [6.07, 6.45) is 0. The van der Waals surface area contributed by atoms with Gasteiger partial charge in [0.25, 0.3) is 0 Å². The predicted octanol–water partition coefficient (Wildman–Crippen LogP) is 15.2. The van der Waals surface area contributed by atoms with E-state index in [1.807, 2.05) is 47.7 Å². The highest BCUT2D eigenvalue weighted by Gasteiger charge is 2.19. The van der Waals surface area contributed by atoms with Crippen molar-refractivity contribution in [3.05, 3.63) is 200 Å². The average molecular weight is 768 g/mol. The lowest BCUT2D eigenvalue weighted by Gasteiger charge is -2.13. The minimum atomic E-state index is 0.699. The van der Waals surface area contributed by atoms with E-state index in [1.54, 1.807) is 0 Å². The van der Waals surface area contributed by atoms with Crippen molar-refractivity contribution in [3.8, 4) is 56.3 Å². The van der Waals surface area contributed by atoms with Gasteiger partial charge < -0.3 is 0 Å². The third-order valence-electron chi connectivity index (χ3n) is 11.7. The number of thiophene rings is 1. The minimum Gasteiger partial charge on any atom is -0.246 e. The van der Waals surface area contributed by atoms with Crippen molar-refractivity contribution in [2.24, 2.45) is 0 Å². The first-order valence-corrected chi connectivity index (χ1v) is 20.7. The Morgan fingerprint density at radius 2 is 0.797 bits per heavy atom. The van der Waals surface area contributed by atoms with Gasteiger partial charge in [-0.2, -0.15) is 0 Å². The molecule has 0 saturated heterocycles. The molecule has 0 bridgehead atoms. The number of aromatic nitrogens is 3. The Hall–Kier alpha value is -7.53. The Bertz CT molecular complexity index is 3500. The molecule has 274 valence electrons. The second-order valence-electron chi connectivity index (χ2n) is 15.1. The van der Waals surface area contributed by atoms with E-state index in [9.17, 15) is 0 Å². The lowest BCUT2D eigenvalue weighted by Crippen LogP contribution is -1.96. The molecule has 0 atom stereocenters. The Balaban J connectivity index is 1.00. The maximum absolute atomic E-state index is 5.54. The number of hydrogen-bond acceptors (Lipinski definition) is 4. The maximum atomic E-state index is 5.54. The lowest BCUT2D eigenvalue weighted by molar-refractivity contribution is 1.18. The average Bonchev–Trinajstić information content (AvgIpc) is 3.72. The molecule has 0 aliphatic heterocycles. The van der Waals surface area contributed by atoms with Crippen molar-refractivity contribution in [1.29, 1.82) is 0 Å². The van der Waals surface area contributed by atoms with Crippen LogP contribution in [0.4, 0.5) is 0 Å². The predicted molar refractivity (Wildman–Crippen MR) is 250 cm³/mol. The maximum Gasteiger partial charge on any atom is 0.160 e. The van der Waals surface area contributed by atoms with Gasteiger partial charge in [-0.1, -0.05) is 176 Å². The number of rotatable bonds is 5. The van der Waals surface area contributed by atoms with Crippen LogP contribution in [0.5, 0.6) is 0 Å². The number of nitrogens with zero attached hydrogens (tertiary/aromatic N) is 3. The molecule has 0 saturated carbocycles. The second-order valence-corrected chi connectivity index (χ2v) is 16.2. The van der Waals surface area contributed by atoms with Gasteiger partial charge in [-0.25, -0.2) is 15.0 Å². The third-order valence-corrected chi connectivity index (χ3v) is 12.8. The molecule has 0 aliphatic rings. The van der Waals surface area contributed by atoms with Crippen molar-refractivity contribution in [2.45, 2.75) is 0 Å². The van der Waals surface area contributed by atoms with Crippen LogP contribution in [0.3, 0.4) is 0 Å². The molecule has 0 unspecified atom stereocenters. The molecular formula is C55H33N3S. The van der Waals surface area contributed by atoms with Crippen LogP contribution in [0.2, 0.25) is 0 Å². The molecule has 3 nitrogen and oxygen atoms in total. The smallest absolute Gasteiger partial charge is 0.160 e. The zero-order valence-electron chi connectivity index (χ0n) is 31.8.